The summed E-state index contributed by atoms with van der Waals surface area (Å²) >= 11 is 0. The van der Waals surface area contributed by atoms with Crippen LogP contribution in [0.5, 0.6) is 5.75 Å². The van der Waals surface area contributed by atoms with E-state index in [2.05, 4.69) is 10.6 Å². The van der Waals surface area contributed by atoms with Crippen molar-refractivity contribution in [1.29, 1.82) is 0 Å². The predicted octanol–water partition coefficient (Wildman–Crippen LogP) is 2.92. The van der Waals surface area contributed by atoms with Crippen molar-refractivity contribution in [3.05, 3.63) is 54.1 Å². The lowest BCUT2D eigenvalue weighted by atomic mass is 10.0. The highest BCUT2D eigenvalue weighted by molar-refractivity contribution is 5.97. The zero-order chi connectivity index (χ0) is 22.1. The second-order valence-electron chi connectivity index (χ2n) is 6.92. The molecule has 0 heterocycles. The van der Waals surface area contributed by atoms with E-state index in [4.69, 9.17) is 9.47 Å². The normalized spacial score (nSPS) is 10.3. The Bertz CT molecular complexity index is 904. The number of benzene rings is 2. The molecule has 0 aromatic heterocycles. The maximum atomic E-state index is 12.1. The number of carbonyl (C=O) groups is 4. The molecule has 158 valence electrons. The molecule has 0 spiro atoms. The van der Waals surface area contributed by atoms with Gasteiger partial charge in [-0.05, 0) is 41.3 Å². The molecular weight excluding hydrogens is 388 g/mol. The first-order valence-corrected chi connectivity index (χ1v) is 9.38. The number of rotatable bonds is 7. The molecule has 2 aromatic rings. The summed E-state index contributed by atoms with van der Waals surface area (Å²) in [5, 5.41) is 4.62. The van der Waals surface area contributed by atoms with E-state index in [1.807, 2.05) is 13.8 Å². The molecule has 30 heavy (non-hydrogen) atoms. The summed E-state index contributed by atoms with van der Waals surface area (Å²) in [5.41, 5.74) is 1.99. The first-order valence-electron chi connectivity index (χ1n) is 9.38. The molecule has 0 atom stereocenters. The van der Waals surface area contributed by atoms with Crippen molar-refractivity contribution in [3.63, 3.8) is 0 Å². The molecule has 2 N–H and O–H groups in total. The highest BCUT2D eigenvalue weighted by atomic mass is 16.5. The second-order valence-corrected chi connectivity index (χ2v) is 6.92. The van der Waals surface area contributed by atoms with Gasteiger partial charge in [-0.2, -0.15) is 0 Å². The van der Waals surface area contributed by atoms with Crippen molar-refractivity contribution in [2.45, 2.75) is 20.8 Å². The average molecular weight is 412 g/mol. The minimum atomic E-state index is -0.714. The van der Waals surface area contributed by atoms with Crippen LogP contribution in [-0.4, -0.2) is 37.0 Å². The van der Waals surface area contributed by atoms with Gasteiger partial charge in [0.1, 0.15) is 5.75 Å². The molecular formula is C22H24N2O6. The zero-order valence-electron chi connectivity index (χ0n) is 17.1. The Kier molecular flexibility index (Phi) is 8.10. The Hall–Kier alpha value is -3.68. The first kappa shape index (κ1) is 22.6. The number of hydrogen-bond acceptors (Lipinski definition) is 6. The third kappa shape index (κ3) is 7.38. The van der Waals surface area contributed by atoms with Gasteiger partial charge in [-0.3, -0.25) is 14.9 Å². The predicted molar refractivity (Wildman–Crippen MR) is 110 cm³/mol. The topological polar surface area (TPSA) is 111 Å². The van der Waals surface area contributed by atoms with Crippen LogP contribution in [0.2, 0.25) is 0 Å². The average Bonchev–Trinajstić information content (AvgIpc) is 2.71. The number of hydrogen-bond donors (Lipinski definition) is 2. The van der Waals surface area contributed by atoms with Crippen molar-refractivity contribution < 1.29 is 28.7 Å². The Morgan fingerprint density at radius 1 is 0.900 bits per heavy atom. The maximum absolute atomic E-state index is 12.1. The smallest absolute Gasteiger partial charge is 0.338 e. The van der Waals surface area contributed by atoms with Crippen LogP contribution in [0.4, 0.5) is 4.79 Å². The van der Waals surface area contributed by atoms with Gasteiger partial charge in [-0.15, -0.1) is 0 Å². The van der Waals surface area contributed by atoms with Crippen LogP contribution < -0.4 is 15.4 Å². The van der Waals surface area contributed by atoms with Crippen LogP contribution in [0.25, 0.3) is 11.1 Å². The van der Waals surface area contributed by atoms with E-state index in [1.165, 1.54) is 6.92 Å². The number of ether oxygens (including phenoxy) is 2. The van der Waals surface area contributed by atoms with E-state index in [9.17, 15) is 19.2 Å². The second kappa shape index (κ2) is 10.8. The zero-order valence-corrected chi connectivity index (χ0v) is 17.1. The summed E-state index contributed by atoms with van der Waals surface area (Å²) in [4.78, 5) is 46.3. The largest absolute Gasteiger partial charge is 0.452 e. The molecule has 0 unspecified atom stereocenters. The van der Waals surface area contributed by atoms with Gasteiger partial charge in [0.25, 0.3) is 5.91 Å². The number of nitrogens with one attached hydrogen (secondary N) is 2. The quantitative estimate of drug-likeness (QED) is 0.534. The number of esters is 2. The number of carbonyl (C=O) groups excluding carboxylic acids is 4. The number of amides is 3. The lowest BCUT2D eigenvalue weighted by Gasteiger charge is -2.09. The molecule has 2 aromatic carbocycles. The monoisotopic (exact) mass is 412 g/mol. The van der Waals surface area contributed by atoms with Crippen LogP contribution in [0, 0.1) is 5.92 Å². The van der Waals surface area contributed by atoms with E-state index in [-0.39, 0.29) is 11.5 Å². The Morgan fingerprint density at radius 2 is 1.47 bits per heavy atom. The summed E-state index contributed by atoms with van der Waals surface area (Å²) in [6.45, 7) is 5.04. The highest BCUT2D eigenvalue weighted by Crippen LogP contribution is 2.23. The minimum Gasteiger partial charge on any atom is -0.452 e. The number of imide groups is 1. The Morgan fingerprint density at radius 3 is 2.00 bits per heavy atom. The van der Waals surface area contributed by atoms with Crippen molar-refractivity contribution in [2.75, 3.05) is 13.2 Å². The third-order valence-electron chi connectivity index (χ3n) is 3.83. The van der Waals surface area contributed by atoms with E-state index < -0.39 is 30.5 Å². The van der Waals surface area contributed by atoms with Gasteiger partial charge in [0.05, 0.1) is 5.56 Å². The summed E-state index contributed by atoms with van der Waals surface area (Å²) in [6.07, 6.45) is 0. The van der Waals surface area contributed by atoms with E-state index >= 15 is 0 Å². The molecule has 0 aliphatic rings. The van der Waals surface area contributed by atoms with Gasteiger partial charge in [0, 0.05) is 13.5 Å². The third-order valence-corrected chi connectivity index (χ3v) is 3.83. The Labute approximate surface area is 174 Å². The molecule has 2 rings (SSSR count). The van der Waals surface area contributed by atoms with Gasteiger partial charge in [-0.1, -0.05) is 38.1 Å². The maximum Gasteiger partial charge on any atom is 0.338 e. The van der Waals surface area contributed by atoms with Gasteiger partial charge >= 0.3 is 18.0 Å². The van der Waals surface area contributed by atoms with Crippen LogP contribution in [0.15, 0.2) is 48.5 Å². The molecule has 0 aliphatic carbocycles. The molecule has 8 nitrogen and oxygen atoms in total. The molecule has 0 fully saturated rings. The van der Waals surface area contributed by atoms with Gasteiger partial charge in [0.15, 0.2) is 6.61 Å². The lowest BCUT2D eigenvalue weighted by Crippen LogP contribution is -2.42. The van der Waals surface area contributed by atoms with Gasteiger partial charge in [-0.25, -0.2) is 9.59 Å². The fraction of sp³-hybridized carbons (Fsp3) is 0.273. The van der Waals surface area contributed by atoms with Crippen molar-refractivity contribution >= 4 is 23.9 Å². The molecule has 8 heteroatoms. The molecule has 0 radical (unpaired) electrons. The van der Waals surface area contributed by atoms with Crippen molar-refractivity contribution in [1.82, 2.24) is 10.6 Å². The molecule has 3 amide bonds. The number of urea groups is 1. The summed E-state index contributed by atoms with van der Waals surface area (Å²) in [7, 11) is 0. The van der Waals surface area contributed by atoms with Crippen LogP contribution >= 0.6 is 0 Å². The van der Waals surface area contributed by atoms with E-state index in [0.29, 0.717) is 12.3 Å². The van der Waals surface area contributed by atoms with Crippen LogP contribution in [0.3, 0.4) is 0 Å². The van der Waals surface area contributed by atoms with E-state index in [1.54, 1.807) is 48.5 Å². The van der Waals surface area contributed by atoms with Crippen molar-refractivity contribution in [3.8, 4) is 16.9 Å². The first-order chi connectivity index (χ1) is 14.2. The van der Waals surface area contributed by atoms with E-state index in [0.717, 1.165) is 11.1 Å². The fourth-order valence-electron chi connectivity index (χ4n) is 2.40. The Balaban J connectivity index is 1.87. The molecule has 0 saturated heterocycles. The van der Waals surface area contributed by atoms with Crippen LogP contribution in [-0.2, 0) is 14.3 Å². The summed E-state index contributed by atoms with van der Waals surface area (Å²) in [6, 6.07) is 12.9. The summed E-state index contributed by atoms with van der Waals surface area (Å²) < 4.78 is 9.93. The standard InChI is InChI=1S/C22H24N2O6/c1-14(2)12-23-22(28)24-20(26)13-29-21(27)18-6-4-16(5-7-18)17-8-10-19(11-9-17)30-15(3)25/h4-11,14H,12-13H2,1-3H3,(H2,23,24,26,28). The fourth-order valence-corrected chi connectivity index (χ4v) is 2.40. The lowest BCUT2D eigenvalue weighted by molar-refractivity contribution is -0.131. The molecule has 0 bridgehead atoms. The molecule has 0 saturated carbocycles. The highest BCUT2D eigenvalue weighted by Gasteiger charge is 2.13. The molecule has 0 aliphatic heterocycles. The van der Waals surface area contributed by atoms with Gasteiger partial charge < -0.3 is 14.8 Å². The summed E-state index contributed by atoms with van der Waals surface area (Å²) in [5.74, 6) is -1.09. The SMILES string of the molecule is CC(=O)Oc1ccc(-c2ccc(C(=O)OCC(=O)NC(=O)NCC(C)C)cc2)cc1. The van der Waals surface area contributed by atoms with Crippen LogP contribution in [0.1, 0.15) is 31.1 Å². The minimum absolute atomic E-state index is 0.249. The van der Waals surface area contributed by atoms with Gasteiger partial charge in [0.2, 0.25) is 0 Å². The van der Waals surface area contributed by atoms with Crippen molar-refractivity contribution in [2.24, 2.45) is 5.92 Å².